The van der Waals surface area contributed by atoms with E-state index >= 15 is 0 Å². The fraction of sp³-hybridized carbons (Fsp3) is 0.148. The first kappa shape index (κ1) is 24.6. The lowest BCUT2D eigenvalue weighted by atomic mass is 10.2. The van der Waals surface area contributed by atoms with Gasteiger partial charge in [-0.1, -0.05) is 30.3 Å². The standard InChI is InChI=1S/C27H24IN7O2/c28-23-11-5-4-10-22(23)24(36)37-21-14-12-19(13-15-21)18-29-34-26-31-25(30-20-8-2-1-3-9-20)32-27(33-26)35-16-6-7-17-35/h1-5,8-15,18H,6-7,16-17H2,(H2,30,31,32,33,34)/b29-18-. The Morgan fingerprint density at radius 1 is 0.892 bits per heavy atom. The van der Waals surface area contributed by atoms with Gasteiger partial charge in [0.1, 0.15) is 5.75 Å². The second-order valence-corrected chi connectivity index (χ2v) is 9.44. The topological polar surface area (TPSA) is 105 Å². The molecule has 3 aromatic carbocycles. The highest BCUT2D eigenvalue weighted by Gasteiger charge is 2.17. The summed E-state index contributed by atoms with van der Waals surface area (Å²) in [4.78, 5) is 28.2. The Hall–Kier alpha value is -4.06. The molecule has 1 fully saturated rings. The Balaban J connectivity index is 1.26. The number of aromatic nitrogens is 3. The van der Waals surface area contributed by atoms with Gasteiger partial charge in [-0.2, -0.15) is 20.1 Å². The highest BCUT2D eigenvalue weighted by Crippen LogP contribution is 2.21. The molecule has 0 atom stereocenters. The normalized spacial score (nSPS) is 13.1. The summed E-state index contributed by atoms with van der Waals surface area (Å²) in [7, 11) is 0. The van der Waals surface area contributed by atoms with Crippen LogP contribution in [0.3, 0.4) is 0 Å². The number of carbonyl (C=O) groups excluding carboxylic acids is 1. The molecule has 0 spiro atoms. The van der Waals surface area contributed by atoms with E-state index in [9.17, 15) is 4.79 Å². The molecule has 2 heterocycles. The third-order valence-electron chi connectivity index (χ3n) is 5.61. The first-order valence-electron chi connectivity index (χ1n) is 11.8. The molecular formula is C27H24IN7O2. The number of hydrogen-bond acceptors (Lipinski definition) is 9. The number of anilines is 4. The van der Waals surface area contributed by atoms with E-state index in [1.807, 2.05) is 60.7 Å². The number of hydrogen-bond donors (Lipinski definition) is 2. The van der Waals surface area contributed by atoms with E-state index in [2.05, 4.69) is 58.3 Å². The molecule has 1 aliphatic rings. The first-order valence-corrected chi connectivity index (χ1v) is 12.9. The van der Waals surface area contributed by atoms with E-state index in [-0.39, 0.29) is 0 Å². The average Bonchev–Trinajstić information content (AvgIpc) is 3.46. The number of carbonyl (C=O) groups is 1. The number of para-hydroxylation sites is 1. The van der Waals surface area contributed by atoms with Gasteiger partial charge in [-0.3, -0.25) is 0 Å². The van der Waals surface area contributed by atoms with Gasteiger partial charge in [0.05, 0.1) is 11.8 Å². The molecule has 37 heavy (non-hydrogen) atoms. The van der Waals surface area contributed by atoms with Gasteiger partial charge in [-0.15, -0.1) is 0 Å². The van der Waals surface area contributed by atoms with Crippen LogP contribution < -0.4 is 20.4 Å². The number of rotatable bonds is 8. The number of halogens is 1. The van der Waals surface area contributed by atoms with Gasteiger partial charge < -0.3 is 15.0 Å². The Labute approximate surface area is 228 Å². The van der Waals surface area contributed by atoms with Crippen molar-refractivity contribution in [3.05, 3.63) is 93.6 Å². The van der Waals surface area contributed by atoms with Crippen molar-refractivity contribution in [1.82, 2.24) is 15.0 Å². The van der Waals surface area contributed by atoms with Crippen LogP contribution in [-0.2, 0) is 0 Å². The molecule has 186 valence electrons. The SMILES string of the molecule is O=C(Oc1ccc(/C=N\Nc2nc(Nc3ccccc3)nc(N3CCCC3)n2)cc1)c1ccccc1I. The molecule has 0 amide bonds. The van der Waals surface area contributed by atoms with Crippen LogP contribution >= 0.6 is 22.6 Å². The van der Waals surface area contributed by atoms with Crippen molar-refractivity contribution in [3.8, 4) is 5.75 Å². The Morgan fingerprint density at radius 2 is 1.59 bits per heavy atom. The van der Waals surface area contributed by atoms with Crippen molar-refractivity contribution in [2.24, 2.45) is 5.10 Å². The van der Waals surface area contributed by atoms with Crippen molar-refractivity contribution in [2.75, 3.05) is 28.7 Å². The zero-order valence-electron chi connectivity index (χ0n) is 19.8. The molecule has 0 aliphatic carbocycles. The van der Waals surface area contributed by atoms with E-state index in [0.29, 0.717) is 29.2 Å². The van der Waals surface area contributed by atoms with Crippen LogP contribution in [0.4, 0.5) is 23.5 Å². The summed E-state index contributed by atoms with van der Waals surface area (Å²) in [5.74, 6) is 1.47. The number of benzene rings is 3. The van der Waals surface area contributed by atoms with Crippen molar-refractivity contribution in [3.63, 3.8) is 0 Å². The summed E-state index contributed by atoms with van der Waals surface area (Å²) in [6.07, 6.45) is 3.88. The van der Waals surface area contributed by atoms with E-state index in [1.165, 1.54) is 0 Å². The van der Waals surface area contributed by atoms with E-state index in [1.54, 1.807) is 24.4 Å². The number of nitrogens with zero attached hydrogens (tertiary/aromatic N) is 5. The van der Waals surface area contributed by atoms with Crippen LogP contribution in [-0.4, -0.2) is 40.2 Å². The second kappa shape index (κ2) is 11.8. The summed E-state index contributed by atoms with van der Waals surface area (Å²) in [6.45, 7) is 1.83. The van der Waals surface area contributed by atoms with Crippen LogP contribution in [0.1, 0.15) is 28.8 Å². The molecular weight excluding hydrogens is 581 g/mol. The second-order valence-electron chi connectivity index (χ2n) is 8.28. The Kier molecular flexibility index (Phi) is 7.84. The van der Waals surface area contributed by atoms with Gasteiger partial charge >= 0.3 is 5.97 Å². The zero-order valence-corrected chi connectivity index (χ0v) is 22.0. The molecule has 9 nitrogen and oxygen atoms in total. The summed E-state index contributed by atoms with van der Waals surface area (Å²) < 4.78 is 6.33. The highest BCUT2D eigenvalue weighted by molar-refractivity contribution is 14.1. The lowest BCUT2D eigenvalue weighted by Gasteiger charge is -2.16. The average molecular weight is 605 g/mol. The monoisotopic (exact) mass is 605 g/mol. The molecule has 1 aliphatic heterocycles. The third kappa shape index (κ3) is 6.58. The molecule has 1 aromatic heterocycles. The number of hydrazone groups is 1. The maximum Gasteiger partial charge on any atom is 0.344 e. The third-order valence-corrected chi connectivity index (χ3v) is 6.55. The van der Waals surface area contributed by atoms with Gasteiger partial charge in [-0.05, 0) is 89.5 Å². The predicted octanol–water partition coefficient (Wildman–Crippen LogP) is 5.49. The number of ether oxygens (including phenoxy) is 1. The van der Waals surface area contributed by atoms with Crippen molar-refractivity contribution >= 4 is 58.3 Å². The van der Waals surface area contributed by atoms with E-state index < -0.39 is 5.97 Å². The molecule has 1 saturated heterocycles. The van der Waals surface area contributed by atoms with Gasteiger partial charge in [0, 0.05) is 22.3 Å². The van der Waals surface area contributed by atoms with Crippen LogP contribution in [0.25, 0.3) is 0 Å². The number of esters is 1. The Bertz CT molecular complexity index is 1390. The van der Waals surface area contributed by atoms with Crippen LogP contribution in [0, 0.1) is 3.57 Å². The first-order chi connectivity index (χ1) is 18.1. The zero-order chi connectivity index (χ0) is 25.5. The molecule has 4 aromatic rings. The summed E-state index contributed by atoms with van der Waals surface area (Å²) in [6, 6.07) is 24.1. The maximum atomic E-state index is 12.4. The summed E-state index contributed by atoms with van der Waals surface area (Å²) in [5.41, 5.74) is 5.15. The lowest BCUT2D eigenvalue weighted by molar-refractivity contribution is 0.0733. The fourth-order valence-corrected chi connectivity index (χ4v) is 4.36. The molecule has 5 rings (SSSR count). The van der Waals surface area contributed by atoms with E-state index in [0.717, 1.165) is 40.8 Å². The number of nitrogens with one attached hydrogen (secondary N) is 2. The molecule has 0 bridgehead atoms. The van der Waals surface area contributed by atoms with Crippen LogP contribution in [0.2, 0.25) is 0 Å². The summed E-state index contributed by atoms with van der Waals surface area (Å²) in [5, 5.41) is 7.53. The molecule has 0 saturated carbocycles. The minimum absolute atomic E-state index is 0.342. The van der Waals surface area contributed by atoms with E-state index in [4.69, 9.17) is 4.74 Å². The largest absolute Gasteiger partial charge is 0.423 e. The van der Waals surface area contributed by atoms with Crippen LogP contribution in [0.5, 0.6) is 5.75 Å². The highest BCUT2D eigenvalue weighted by atomic mass is 127. The van der Waals surface area contributed by atoms with Gasteiger partial charge in [0.2, 0.25) is 17.8 Å². The Morgan fingerprint density at radius 3 is 2.35 bits per heavy atom. The predicted molar refractivity (Wildman–Crippen MR) is 153 cm³/mol. The molecule has 10 heteroatoms. The summed E-state index contributed by atoms with van der Waals surface area (Å²) >= 11 is 2.12. The minimum Gasteiger partial charge on any atom is -0.423 e. The quantitative estimate of drug-likeness (QED) is 0.0895. The minimum atomic E-state index is -0.392. The lowest BCUT2D eigenvalue weighted by Crippen LogP contribution is -2.21. The maximum absolute atomic E-state index is 12.4. The van der Waals surface area contributed by atoms with Gasteiger partial charge in [0.25, 0.3) is 0 Å². The van der Waals surface area contributed by atoms with Crippen LogP contribution in [0.15, 0.2) is 84.0 Å². The molecule has 2 N–H and O–H groups in total. The molecule has 0 radical (unpaired) electrons. The molecule has 0 unspecified atom stereocenters. The smallest absolute Gasteiger partial charge is 0.344 e. The van der Waals surface area contributed by atoms with Gasteiger partial charge in [-0.25, -0.2) is 10.2 Å². The van der Waals surface area contributed by atoms with Crippen molar-refractivity contribution in [2.45, 2.75) is 12.8 Å². The van der Waals surface area contributed by atoms with Crippen molar-refractivity contribution < 1.29 is 9.53 Å². The van der Waals surface area contributed by atoms with Crippen molar-refractivity contribution in [1.29, 1.82) is 0 Å². The van der Waals surface area contributed by atoms with Gasteiger partial charge in [0.15, 0.2) is 0 Å². The fourth-order valence-electron chi connectivity index (χ4n) is 3.76.